The Hall–Kier alpha value is -1.00. The lowest BCUT2D eigenvalue weighted by Crippen LogP contribution is -2.02. The molecule has 0 aliphatic carbocycles. The largest absolute Gasteiger partial charge is 0.453 e. The lowest BCUT2D eigenvalue weighted by molar-refractivity contribution is 0.481. The minimum atomic E-state index is 0.845. The molecular weight excluding hydrogens is 334 g/mol. The Morgan fingerprint density at radius 3 is 1.81 bits per heavy atom. The van der Waals surface area contributed by atoms with Gasteiger partial charge in [-0.3, -0.25) is 0 Å². The van der Waals surface area contributed by atoms with Gasteiger partial charge in [-0.15, -0.1) is 0 Å². The molecule has 0 saturated carbocycles. The number of nitrogens with one attached hydrogen (secondary N) is 1. The van der Waals surface area contributed by atoms with Crippen molar-refractivity contribution in [2.24, 2.45) is 0 Å². The van der Waals surface area contributed by atoms with E-state index in [1.54, 1.807) is 0 Å². The average molecular weight is 341 g/mol. The average Bonchev–Trinajstić information content (AvgIpc) is 2.26. The maximum atomic E-state index is 5.78. The molecule has 0 atom stereocenters. The molecule has 0 radical (unpaired) electrons. The van der Waals surface area contributed by atoms with E-state index in [0.29, 0.717) is 0 Å². The van der Waals surface area contributed by atoms with Crippen LogP contribution in [0, 0.1) is 0 Å². The Kier molecular flexibility index (Phi) is 2.41. The summed E-state index contributed by atoms with van der Waals surface area (Å²) in [6.45, 7) is 0. The van der Waals surface area contributed by atoms with Crippen LogP contribution in [-0.2, 0) is 0 Å². The minimum absolute atomic E-state index is 0.845. The number of hydrogen-bond acceptors (Lipinski definition) is 2. The van der Waals surface area contributed by atoms with E-state index in [-0.39, 0.29) is 0 Å². The quantitative estimate of drug-likeness (QED) is 0.617. The third-order valence-electron chi connectivity index (χ3n) is 2.37. The standard InChI is InChI=1S/C12H7Br2NO/c13-7-1-3-11-9(5-7)15-10-6-8(14)2-4-12(10)16-11/h1-6,15H. The van der Waals surface area contributed by atoms with Crippen molar-refractivity contribution in [3.63, 3.8) is 0 Å². The molecule has 4 heteroatoms. The molecule has 80 valence electrons. The van der Waals surface area contributed by atoms with E-state index in [2.05, 4.69) is 37.2 Å². The lowest BCUT2D eigenvalue weighted by atomic mass is 10.2. The molecule has 2 nitrogen and oxygen atoms in total. The van der Waals surface area contributed by atoms with Gasteiger partial charge in [-0.2, -0.15) is 0 Å². The van der Waals surface area contributed by atoms with Crippen molar-refractivity contribution in [2.75, 3.05) is 5.32 Å². The first-order valence-electron chi connectivity index (χ1n) is 4.76. The Morgan fingerprint density at radius 2 is 1.31 bits per heavy atom. The molecule has 1 aliphatic rings. The van der Waals surface area contributed by atoms with Gasteiger partial charge >= 0.3 is 0 Å². The molecule has 0 saturated heterocycles. The molecule has 1 N–H and O–H groups in total. The van der Waals surface area contributed by atoms with Gasteiger partial charge in [-0.05, 0) is 36.4 Å². The molecule has 0 amide bonds. The summed E-state index contributed by atoms with van der Waals surface area (Å²) in [6.07, 6.45) is 0. The van der Waals surface area contributed by atoms with Crippen LogP contribution in [0.4, 0.5) is 11.4 Å². The Balaban J connectivity index is 2.10. The van der Waals surface area contributed by atoms with Crippen molar-refractivity contribution in [1.82, 2.24) is 0 Å². The summed E-state index contributed by atoms with van der Waals surface area (Å²) in [5.74, 6) is 1.69. The van der Waals surface area contributed by atoms with Gasteiger partial charge in [-0.25, -0.2) is 0 Å². The van der Waals surface area contributed by atoms with E-state index < -0.39 is 0 Å². The summed E-state index contributed by atoms with van der Waals surface area (Å²) in [4.78, 5) is 0. The van der Waals surface area contributed by atoms with Crippen LogP contribution in [-0.4, -0.2) is 0 Å². The number of fused-ring (bicyclic) bond motifs is 2. The third kappa shape index (κ3) is 1.72. The van der Waals surface area contributed by atoms with Crippen LogP contribution in [0.5, 0.6) is 11.5 Å². The topological polar surface area (TPSA) is 21.3 Å². The highest BCUT2D eigenvalue weighted by Gasteiger charge is 2.16. The van der Waals surface area contributed by atoms with Crippen LogP contribution in [0.1, 0.15) is 0 Å². The Bertz CT molecular complexity index is 519. The van der Waals surface area contributed by atoms with Gasteiger partial charge < -0.3 is 10.1 Å². The van der Waals surface area contributed by atoms with E-state index in [1.165, 1.54) is 0 Å². The van der Waals surface area contributed by atoms with Gasteiger partial charge in [0.05, 0.1) is 11.4 Å². The highest BCUT2D eigenvalue weighted by molar-refractivity contribution is 9.10. The normalized spacial score (nSPS) is 12.1. The first-order valence-corrected chi connectivity index (χ1v) is 6.35. The first kappa shape index (κ1) is 10.2. The van der Waals surface area contributed by atoms with Crippen LogP contribution >= 0.6 is 31.9 Å². The number of hydrogen-bond donors (Lipinski definition) is 1. The maximum Gasteiger partial charge on any atom is 0.151 e. The van der Waals surface area contributed by atoms with Crippen LogP contribution in [0.3, 0.4) is 0 Å². The zero-order valence-electron chi connectivity index (χ0n) is 8.13. The molecule has 1 heterocycles. The zero-order chi connectivity index (χ0) is 11.1. The summed E-state index contributed by atoms with van der Waals surface area (Å²) in [6, 6.07) is 11.8. The Labute approximate surface area is 110 Å². The predicted octanol–water partition coefficient (Wildman–Crippen LogP) is 5.06. The molecule has 1 aliphatic heterocycles. The fourth-order valence-electron chi connectivity index (χ4n) is 1.64. The van der Waals surface area contributed by atoms with E-state index >= 15 is 0 Å². The number of halogens is 2. The fourth-order valence-corrected chi connectivity index (χ4v) is 2.36. The second kappa shape index (κ2) is 3.79. The van der Waals surface area contributed by atoms with Crippen molar-refractivity contribution >= 4 is 43.2 Å². The zero-order valence-corrected chi connectivity index (χ0v) is 11.3. The molecule has 0 unspecified atom stereocenters. The van der Waals surface area contributed by atoms with Gasteiger partial charge in [0.25, 0.3) is 0 Å². The summed E-state index contributed by atoms with van der Waals surface area (Å²) in [5, 5.41) is 3.34. The van der Waals surface area contributed by atoms with E-state index in [4.69, 9.17) is 4.74 Å². The number of ether oxygens (including phenoxy) is 1. The third-order valence-corrected chi connectivity index (χ3v) is 3.36. The molecule has 2 aromatic carbocycles. The molecular formula is C12H7Br2NO. The van der Waals surface area contributed by atoms with Crippen LogP contribution < -0.4 is 10.1 Å². The highest BCUT2D eigenvalue weighted by atomic mass is 79.9. The van der Waals surface area contributed by atoms with Crippen LogP contribution in [0.25, 0.3) is 0 Å². The van der Waals surface area contributed by atoms with E-state index in [0.717, 1.165) is 31.8 Å². The van der Waals surface area contributed by atoms with Gasteiger partial charge in [0, 0.05) is 8.95 Å². The van der Waals surface area contributed by atoms with Gasteiger partial charge in [0.15, 0.2) is 11.5 Å². The van der Waals surface area contributed by atoms with Crippen molar-refractivity contribution in [1.29, 1.82) is 0 Å². The predicted molar refractivity (Wildman–Crippen MR) is 71.6 cm³/mol. The van der Waals surface area contributed by atoms with Crippen molar-refractivity contribution in [3.8, 4) is 11.5 Å². The van der Waals surface area contributed by atoms with E-state index in [1.807, 2.05) is 36.4 Å². The lowest BCUT2D eigenvalue weighted by Gasteiger charge is -2.21. The molecule has 0 fully saturated rings. The number of rotatable bonds is 0. The van der Waals surface area contributed by atoms with Crippen molar-refractivity contribution < 1.29 is 4.74 Å². The molecule has 0 aromatic heterocycles. The maximum absolute atomic E-state index is 5.78. The number of anilines is 2. The second-order valence-corrected chi connectivity index (χ2v) is 5.34. The molecule has 2 aromatic rings. The summed E-state index contributed by atoms with van der Waals surface area (Å²) in [7, 11) is 0. The monoisotopic (exact) mass is 339 g/mol. The fraction of sp³-hybridized carbons (Fsp3) is 0. The van der Waals surface area contributed by atoms with Crippen LogP contribution in [0.15, 0.2) is 45.3 Å². The highest BCUT2D eigenvalue weighted by Crippen LogP contribution is 2.43. The molecule has 3 rings (SSSR count). The molecule has 0 bridgehead atoms. The molecule has 16 heavy (non-hydrogen) atoms. The number of benzene rings is 2. The van der Waals surface area contributed by atoms with Gasteiger partial charge in [0.1, 0.15) is 0 Å². The SMILES string of the molecule is Brc1ccc2c(c1)Nc1cc(Br)ccc1O2. The van der Waals surface area contributed by atoms with Crippen molar-refractivity contribution in [2.45, 2.75) is 0 Å². The minimum Gasteiger partial charge on any atom is -0.453 e. The van der Waals surface area contributed by atoms with Crippen LogP contribution in [0.2, 0.25) is 0 Å². The van der Waals surface area contributed by atoms with Gasteiger partial charge in [-0.1, -0.05) is 31.9 Å². The molecule has 0 spiro atoms. The second-order valence-electron chi connectivity index (χ2n) is 3.51. The van der Waals surface area contributed by atoms with Crippen molar-refractivity contribution in [3.05, 3.63) is 45.3 Å². The summed E-state index contributed by atoms with van der Waals surface area (Å²) >= 11 is 6.88. The first-order chi connectivity index (χ1) is 7.72. The smallest absolute Gasteiger partial charge is 0.151 e. The summed E-state index contributed by atoms with van der Waals surface area (Å²) in [5.41, 5.74) is 1.94. The van der Waals surface area contributed by atoms with Gasteiger partial charge in [0.2, 0.25) is 0 Å². The summed E-state index contributed by atoms with van der Waals surface area (Å²) < 4.78 is 7.84. The Morgan fingerprint density at radius 1 is 0.812 bits per heavy atom. The van der Waals surface area contributed by atoms with E-state index in [9.17, 15) is 0 Å².